The van der Waals surface area contributed by atoms with Gasteiger partial charge in [-0.1, -0.05) is 12.1 Å². The van der Waals surface area contributed by atoms with Crippen LogP contribution < -0.4 is 4.74 Å². The maximum atomic E-state index is 11.7. The molecule has 0 saturated heterocycles. The third-order valence-corrected chi connectivity index (χ3v) is 3.83. The Kier molecular flexibility index (Phi) is 5.20. The predicted octanol–water partition coefficient (Wildman–Crippen LogP) is 3.14. The average molecular weight is 304 g/mol. The summed E-state index contributed by atoms with van der Waals surface area (Å²) in [5, 5.41) is 9.10. The Bertz CT molecular complexity index is 603. The van der Waals surface area contributed by atoms with Crippen LogP contribution in [0.15, 0.2) is 24.3 Å². The molecule has 1 aliphatic carbocycles. The first-order valence-corrected chi connectivity index (χ1v) is 7.34. The van der Waals surface area contributed by atoms with Crippen LogP contribution in [0.2, 0.25) is 0 Å². The zero-order chi connectivity index (χ0) is 16.1. The van der Waals surface area contributed by atoms with Gasteiger partial charge < -0.3 is 14.6 Å². The van der Waals surface area contributed by atoms with Gasteiger partial charge in [-0.2, -0.15) is 0 Å². The van der Waals surface area contributed by atoms with E-state index in [-0.39, 0.29) is 17.5 Å². The Balaban J connectivity index is 2.16. The second kappa shape index (κ2) is 7.11. The lowest BCUT2D eigenvalue weighted by atomic mass is 9.86. The molecule has 0 bridgehead atoms. The predicted molar refractivity (Wildman–Crippen MR) is 81.9 cm³/mol. The molecule has 1 aliphatic rings. The maximum Gasteiger partial charge on any atom is 0.339 e. The fourth-order valence-electron chi connectivity index (χ4n) is 2.64. The zero-order valence-corrected chi connectivity index (χ0v) is 12.8. The van der Waals surface area contributed by atoms with Crippen LogP contribution >= 0.6 is 0 Å². The van der Waals surface area contributed by atoms with Gasteiger partial charge in [0, 0.05) is 0 Å². The second-order valence-electron chi connectivity index (χ2n) is 5.17. The lowest BCUT2D eigenvalue weighted by molar-refractivity contribution is -0.148. The highest BCUT2D eigenvalue weighted by Gasteiger charge is 2.23. The van der Waals surface area contributed by atoms with Crippen LogP contribution in [0.3, 0.4) is 0 Å². The molecule has 0 spiro atoms. The topological polar surface area (TPSA) is 72.8 Å². The molecule has 5 nitrogen and oxygen atoms in total. The van der Waals surface area contributed by atoms with E-state index in [1.165, 1.54) is 7.11 Å². The molecule has 0 aromatic heterocycles. The van der Waals surface area contributed by atoms with Crippen LogP contribution in [0.4, 0.5) is 0 Å². The number of aromatic carboxylic acids is 1. The quantitative estimate of drug-likeness (QED) is 0.846. The number of benzene rings is 1. The number of carbonyl (C=O) groups excluding carboxylic acids is 1. The molecule has 1 aromatic rings. The van der Waals surface area contributed by atoms with Gasteiger partial charge in [-0.25, -0.2) is 4.79 Å². The summed E-state index contributed by atoms with van der Waals surface area (Å²) < 4.78 is 10.2. The molecule has 1 atom stereocenters. The summed E-state index contributed by atoms with van der Waals surface area (Å²) in [6, 6.07) is 5.07. The summed E-state index contributed by atoms with van der Waals surface area (Å²) >= 11 is 0. The van der Waals surface area contributed by atoms with E-state index < -0.39 is 5.97 Å². The summed E-state index contributed by atoms with van der Waals surface area (Å²) in [4.78, 5) is 22.8. The number of carboxylic acids is 1. The van der Waals surface area contributed by atoms with E-state index in [9.17, 15) is 9.59 Å². The standard InChI is InChI=1S/C17H20O5/c1-3-22-17(20)12-6-4-11(5-7-12)13-8-9-14(16(18)19)15(10-13)21-2/h4,8-10,12H,3,5-7H2,1-2H3,(H,18,19). The van der Waals surface area contributed by atoms with Gasteiger partial charge in [0.05, 0.1) is 19.6 Å². The number of carboxylic acid groups (broad SMARTS) is 1. The molecule has 0 fully saturated rings. The van der Waals surface area contributed by atoms with Crippen molar-refractivity contribution in [2.24, 2.45) is 5.92 Å². The first-order valence-electron chi connectivity index (χ1n) is 7.34. The number of rotatable bonds is 5. The maximum absolute atomic E-state index is 11.7. The number of allylic oxidation sites excluding steroid dienone is 2. The summed E-state index contributed by atoms with van der Waals surface area (Å²) in [7, 11) is 1.46. The van der Waals surface area contributed by atoms with E-state index in [0.29, 0.717) is 18.8 Å². The van der Waals surface area contributed by atoms with E-state index in [4.69, 9.17) is 14.6 Å². The van der Waals surface area contributed by atoms with Crippen molar-refractivity contribution in [1.29, 1.82) is 0 Å². The van der Waals surface area contributed by atoms with Crippen molar-refractivity contribution in [3.8, 4) is 5.75 Å². The Hall–Kier alpha value is -2.30. The molecule has 1 aromatic carbocycles. The molecule has 0 radical (unpaired) electrons. The van der Waals surface area contributed by atoms with Crippen LogP contribution in [0.25, 0.3) is 5.57 Å². The zero-order valence-electron chi connectivity index (χ0n) is 12.8. The van der Waals surface area contributed by atoms with E-state index >= 15 is 0 Å². The molecule has 5 heteroatoms. The Morgan fingerprint density at radius 1 is 1.36 bits per heavy atom. The van der Waals surface area contributed by atoms with Crippen molar-refractivity contribution < 1.29 is 24.2 Å². The highest BCUT2D eigenvalue weighted by atomic mass is 16.5. The largest absolute Gasteiger partial charge is 0.496 e. The van der Waals surface area contributed by atoms with Crippen LogP contribution in [0.5, 0.6) is 5.75 Å². The molecular formula is C17H20O5. The monoisotopic (exact) mass is 304 g/mol. The first kappa shape index (κ1) is 16.1. The van der Waals surface area contributed by atoms with Gasteiger partial charge in [0.2, 0.25) is 0 Å². The number of methoxy groups -OCH3 is 1. The van der Waals surface area contributed by atoms with Crippen molar-refractivity contribution in [2.45, 2.75) is 26.2 Å². The normalized spacial score (nSPS) is 17.5. The number of ether oxygens (including phenoxy) is 2. The Labute approximate surface area is 129 Å². The van der Waals surface area contributed by atoms with Crippen molar-refractivity contribution in [2.75, 3.05) is 13.7 Å². The second-order valence-corrected chi connectivity index (χ2v) is 5.17. The minimum absolute atomic E-state index is 0.0797. The van der Waals surface area contributed by atoms with Gasteiger partial charge in [-0.3, -0.25) is 4.79 Å². The third kappa shape index (κ3) is 3.47. The minimum atomic E-state index is -1.01. The van der Waals surface area contributed by atoms with Crippen LogP contribution in [0.1, 0.15) is 42.1 Å². The average Bonchev–Trinajstić information content (AvgIpc) is 2.54. The van der Waals surface area contributed by atoms with Gasteiger partial charge >= 0.3 is 11.9 Å². The molecule has 0 amide bonds. The molecule has 22 heavy (non-hydrogen) atoms. The lowest BCUT2D eigenvalue weighted by Gasteiger charge is -2.21. The number of hydrogen-bond acceptors (Lipinski definition) is 4. The molecule has 2 rings (SSSR count). The number of esters is 1. The molecule has 1 N–H and O–H groups in total. The van der Waals surface area contributed by atoms with Crippen LogP contribution in [0, 0.1) is 5.92 Å². The smallest absolute Gasteiger partial charge is 0.339 e. The lowest BCUT2D eigenvalue weighted by Crippen LogP contribution is -2.19. The molecular weight excluding hydrogens is 284 g/mol. The number of carbonyl (C=O) groups is 2. The Morgan fingerprint density at radius 3 is 2.68 bits per heavy atom. The van der Waals surface area contributed by atoms with Crippen LogP contribution in [-0.4, -0.2) is 30.8 Å². The van der Waals surface area contributed by atoms with Crippen molar-refractivity contribution in [1.82, 2.24) is 0 Å². The molecule has 0 aliphatic heterocycles. The van der Waals surface area contributed by atoms with E-state index in [0.717, 1.165) is 24.0 Å². The minimum Gasteiger partial charge on any atom is -0.496 e. The summed E-state index contributed by atoms with van der Waals surface area (Å²) in [5.41, 5.74) is 2.19. The first-order chi connectivity index (χ1) is 10.6. The molecule has 118 valence electrons. The van der Waals surface area contributed by atoms with Gasteiger partial charge in [0.25, 0.3) is 0 Å². The molecule has 1 unspecified atom stereocenters. The summed E-state index contributed by atoms with van der Waals surface area (Å²) in [5.74, 6) is -0.887. The molecule has 0 saturated carbocycles. The van der Waals surface area contributed by atoms with E-state index in [1.54, 1.807) is 25.1 Å². The summed E-state index contributed by atoms with van der Waals surface area (Å²) in [6.07, 6.45) is 4.18. The van der Waals surface area contributed by atoms with Gasteiger partial charge in [0.15, 0.2) is 0 Å². The van der Waals surface area contributed by atoms with Gasteiger partial charge in [0.1, 0.15) is 11.3 Å². The van der Waals surface area contributed by atoms with Crippen molar-refractivity contribution in [3.05, 3.63) is 35.4 Å². The number of hydrogen-bond donors (Lipinski definition) is 1. The Morgan fingerprint density at radius 2 is 2.14 bits per heavy atom. The van der Waals surface area contributed by atoms with Crippen molar-refractivity contribution in [3.63, 3.8) is 0 Å². The fourth-order valence-corrected chi connectivity index (χ4v) is 2.64. The highest BCUT2D eigenvalue weighted by molar-refractivity contribution is 5.91. The highest BCUT2D eigenvalue weighted by Crippen LogP contribution is 2.33. The molecule has 0 heterocycles. The SMILES string of the molecule is CCOC(=O)C1CC=C(c2ccc(C(=O)O)c(OC)c2)CC1. The van der Waals surface area contributed by atoms with Crippen LogP contribution in [-0.2, 0) is 9.53 Å². The van der Waals surface area contributed by atoms with Crippen molar-refractivity contribution >= 4 is 17.5 Å². The third-order valence-electron chi connectivity index (χ3n) is 3.83. The van der Waals surface area contributed by atoms with Gasteiger partial charge in [-0.05, 0) is 49.5 Å². The van der Waals surface area contributed by atoms with E-state index in [2.05, 4.69) is 0 Å². The van der Waals surface area contributed by atoms with E-state index in [1.807, 2.05) is 6.08 Å². The van der Waals surface area contributed by atoms with Gasteiger partial charge in [-0.15, -0.1) is 0 Å². The fraction of sp³-hybridized carbons (Fsp3) is 0.412. The summed E-state index contributed by atoms with van der Waals surface area (Å²) in [6.45, 7) is 2.21.